The quantitative estimate of drug-likeness (QED) is 0.546. The molecule has 2 aromatic rings. The van der Waals surface area contributed by atoms with Gasteiger partial charge in [-0.05, 0) is 42.5 Å². The zero-order chi connectivity index (χ0) is 21.2. The van der Waals surface area contributed by atoms with E-state index < -0.39 is 17.6 Å². The molecular weight excluding hydrogens is 465 g/mol. The molecule has 0 bridgehead atoms. The second-order valence-electron chi connectivity index (χ2n) is 6.39. The summed E-state index contributed by atoms with van der Waals surface area (Å²) in [7, 11) is 1.75. The summed E-state index contributed by atoms with van der Waals surface area (Å²) in [6.07, 6.45) is -4.29. The zero-order valence-corrected chi connectivity index (χ0v) is 17.9. The van der Waals surface area contributed by atoms with Gasteiger partial charge in [-0.25, -0.2) is 9.38 Å². The van der Waals surface area contributed by atoms with Gasteiger partial charge in [0, 0.05) is 30.3 Å². The van der Waals surface area contributed by atoms with E-state index in [2.05, 4.69) is 10.3 Å². The van der Waals surface area contributed by atoms with Gasteiger partial charge in [-0.1, -0.05) is 23.4 Å². The lowest BCUT2D eigenvalue weighted by Gasteiger charge is -2.20. The molecule has 0 radical (unpaired) electrons. The number of nitrogens with zero attached hydrogens (tertiary/aromatic N) is 2. The van der Waals surface area contributed by atoms with Crippen molar-refractivity contribution < 1.29 is 22.4 Å². The molecule has 11 heteroatoms. The van der Waals surface area contributed by atoms with Crippen LogP contribution in [0.1, 0.15) is 12.0 Å². The smallest absolute Gasteiger partial charge is 0.350 e. The first-order valence-electron chi connectivity index (χ1n) is 8.50. The third kappa shape index (κ3) is 6.02. The van der Waals surface area contributed by atoms with Gasteiger partial charge in [0.1, 0.15) is 5.82 Å². The van der Waals surface area contributed by atoms with E-state index in [0.29, 0.717) is 16.6 Å². The van der Waals surface area contributed by atoms with Crippen LogP contribution in [-0.4, -0.2) is 34.8 Å². The summed E-state index contributed by atoms with van der Waals surface area (Å²) in [5.74, 6) is -0.407. The van der Waals surface area contributed by atoms with Crippen molar-refractivity contribution in [3.8, 4) is 0 Å². The number of rotatable bonds is 4. The van der Waals surface area contributed by atoms with Crippen molar-refractivity contribution in [2.75, 3.05) is 18.1 Å². The molecule has 1 aliphatic heterocycles. The van der Waals surface area contributed by atoms with Crippen molar-refractivity contribution in [2.24, 2.45) is 4.99 Å². The number of benzene rings is 2. The van der Waals surface area contributed by atoms with Gasteiger partial charge < -0.3 is 10.2 Å². The summed E-state index contributed by atoms with van der Waals surface area (Å²) >= 11 is 7.09. The molecule has 0 spiro atoms. The number of hydrogen-bond donors (Lipinski definition) is 1. The summed E-state index contributed by atoms with van der Waals surface area (Å²) in [4.78, 5) is 18.4. The fraction of sp³-hybridized carbons (Fsp3) is 0.263. The second kappa shape index (κ2) is 9.89. The molecule has 4 nitrogen and oxygen atoms in total. The van der Waals surface area contributed by atoms with Crippen LogP contribution in [0.5, 0.6) is 0 Å². The Morgan fingerprint density at radius 1 is 1.27 bits per heavy atom. The summed E-state index contributed by atoms with van der Waals surface area (Å²) in [6.45, 7) is 0. The molecule has 1 fully saturated rings. The van der Waals surface area contributed by atoms with E-state index in [9.17, 15) is 22.4 Å². The molecule has 1 N–H and O–H groups in total. The number of amides is 1. The normalized spacial score (nSPS) is 17.7. The number of alkyl halides is 3. The highest BCUT2D eigenvalue weighted by Gasteiger charge is 2.31. The third-order valence-corrected chi connectivity index (χ3v) is 5.72. The Hall–Kier alpha value is -1.97. The molecule has 0 aliphatic carbocycles. The van der Waals surface area contributed by atoms with Crippen molar-refractivity contribution >= 4 is 58.2 Å². The van der Waals surface area contributed by atoms with Crippen molar-refractivity contribution in [1.82, 2.24) is 4.90 Å². The first kappa shape index (κ1) is 24.3. The van der Waals surface area contributed by atoms with Gasteiger partial charge in [0.05, 0.1) is 16.9 Å². The number of aliphatic imine (C=N–C) groups is 1. The Bertz CT molecular complexity index is 938. The molecule has 1 atom stereocenters. The molecule has 0 saturated carbocycles. The summed E-state index contributed by atoms with van der Waals surface area (Å²) in [5.41, 5.74) is -0.301. The Morgan fingerprint density at radius 3 is 2.53 bits per heavy atom. The average molecular weight is 482 g/mol. The van der Waals surface area contributed by atoms with E-state index in [1.165, 1.54) is 36.0 Å². The number of nitrogens with one attached hydrogen (secondary N) is 1. The molecule has 3 rings (SSSR count). The number of amidine groups is 1. The summed E-state index contributed by atoms with van der Waals surface area (Å²) < 4.78 is 51.7. The number of carbonyl (C=O) groups is 1. The SMILES string of the molecule is CN1/C(=N/c2ccc(C(F)(F)F)cc2)SCC1CC(=O)Nc1ccc(Cl)cc1F.Cl. The van der Waals surface area contributed by atoms with Crippen molar-refractivity contribution in [1.29, 1.82) is 0 Å². The van der Waals surface area contributed by atoms with Crippen LogP contribution in [-0.2, 0) is 11.0 Å². The summed E-state index contributed by atoms with van der Waals surface area (Å²) in [6, 6.07) is 8.36. The zero-order valence-electron chi connectivity index (χ0n) is 15.5. The van der Waals surface area contributed by atoms with E-state index in [0.717, 1.165) is 18.2 Å². The molecule has 1 aliphatic rings. The van der Waals surface area contributed by atoms with Gasteiger partial charge in [-0.3, -0.25) is 4.79 Å². The van der Waals surface area contributed by atoms with Crippen molar-refractivity contribution in [3.05, 3.63) is 58.9 Å². The van der Waals surface area contributed by atoms with Crippen LogP contribution in [0.25, 0.3) is 0 Å². The van der Waals surface area contributed by atoms with Crippen LogP contribution in [0.3, 0.4) is 0 Å². The Morgan fingerprint density at radius 2 is 1.93 bits per heavy atom. The molecular formula is C19H17Cl2F4N3OS. The number of anilines is 1. The Labute approximate surface area is 186 Å². The van der Waals surface area contributed by atoms with Crippen molar-refractivity contribution in [2.45, 2.75) is 18.6 Å². The highest BCUT2D eigenvalue weighted by atomic mass is 35.5. The number of carbonyl (C=O) groups excluding carboxylic acids is 1. The van der Waals surface area contributed by atoms with Crippen LogP contribution in [0, 0.1) is 5.82 Å². The van der Waals surface area contributed by atoms with Gasteiger partial charge in [0.25, 0.3) is 0 Å². The summed E-state index contributed by atoms with van der Waals surface area (Å²) in [5, 5.41) is 3.35. The molecule has 1 heterocycles. The van der Waals surface area contributed by atoms with Gasteiger partial charge >= 0.3 is 6.18 Å². The minimum atomic E-state index is -4.40. The fourth-order valence-electron chi connectivity index (χ4n) is 2.69. The molecule has 162 valence electrons. The van der Waals surface area contributed by atoms with Crippen LogP contribution < -0.4 is 5.32 Å². The highest BCUT2D eigenvalue weighted by Crippen LogP contribution is 2.32. The van der Waals surface area contributed by atoms with E-state index in [1.54, 1.807) is 11.9 Å². The molecule has 1 amide bonds. The van der Waals surface area contributed by atoms with Gasteiger partial charge in [0.15, 0.2) is 5.17 Å². The van der Waals surface area contributed by atoms with Crippen LogP contribution in [0.2, 0.25) is 5.02 Å². The van der Waals surface area contributed by atoms with E-state index >= 15 is 0 Å². The van der Waals surface area contributed by atoms with Crippen LogP contribution in [0.4, 0.5) is 28.9 Å². The second-order valence-corrected chi connectivity index (χ2v) is 7.81. The maximum absolute atomic E-state index is 13.8. The van der Waals surface area contributed by atoms with Crippen LogP contribution in [0.15, 0.2) is 47.5 Å². The van der Waals surface area contributed by atoms with E-state index in [-0.39, 0.29) is 41.5 Å². The minimum absolute atomic E-state index is 0. The van der Waals surface area contributed by atoms with E-state index in [4.69, 9.17) is 11.6 Å². The number of thioether (sulfide) groups is 1. The lowest BCUT2D eigenvalue weighted by molar-refractivity contribution is -0.137. The largest absolute Gasteiger partial charge is 0.416 e. The third-order valence-electron chi connectivity index (χ3n) is 4.30. The number of halogens is 6. The average Bonchev–Trinajstić information content (AvgIpc) is 2.97. The lowest BCUT2D eigenvalue weighted by atomic mass is 10.2. The van der Waals surface area contributed by atoms with Gasteiger partial charge in [-0.2, -0.15) is 13.2 Å². The van der Waals surface area contributed by atoms with E-state index in [1.807, 2.05) is 0 Å². The fourth-order valence-corrected chi connectivity index (χ4v) is 4.05. The first-order valence-corrected chi connectivity index (χ1v) is 9.86. The van der Waals surface area contributed by atoms with Gasteiger partial charge in [0.2, 0.25) is 5.91 Å². The molecule has 1 saturated heterocycles. The Balaban J connectivity index is 0.00000320. The molecule has 30 heavy (non-hydrogen) atoms. The highest BCUT2D eigenvalue weighted by molar-refractivity contribution is 8.14. The molecule has 1 unspecified atom stereocenters. The molecule has 0 aromatic heterocycles. The standard InChI is InChI=1S/C19H16ClF4N3OS.ClH/c1-27-14(9-17(28)26-16-7-4-12(20)8-15(16)21)10-29-18(27)25-13-5-2-11(3-6-13)19(22,23)24;/h2-8,14H,9-10H2,1H3,(H,26,28);1H/b25-18-;. The first-order chi connectivity index (χ1) is 13.6. The van der Waals surface area contributed by atoms with Gasteiger partial charge in [-0.15, -0.1) is 12.4 Å². The maximum Gasteiger partial charge on any atom is 0.416 e. The topological polar surface area (TPSA) is 44.7 Å². The van der Waals surface area contributed by atoms with Crippen molar-refractivity contribution in [3.63, 3.8) is 0 Å². The predicted octanol–water partition coefficient (Wildman–Crippen LogP) is 5.98. The van der Waals surface area contributed by atoms with Crippen LogP contribution >= 0.6 is 35.8 Å². The number of hydrogen-bond acceptors (Lipinski definition) is 3. The predicted molar refractivity (Wildman–Crippen MR) is 114 cm³/mol. The molecule has 2 aromatic carbocycles. The maximum atomic E-state index is 13.8. The Kier molecular flexibility index (Phi) is 8.01. The monoisotopic (exact) mass is 481 g/mol. The minimum Gasteiger partial charge on any atom is -0.350 e. The lowest BCUT2D eigenvalue weighted by Crippen LogP contribution is -2.33.